The van der Waals surface area contributed by atoms with E-state index in [0.29, 0.717) is 6.61 Å². The molecule has 0 radical (unpaired) electrons. The Labute approximate surface area is 186 Å². The third-order valence-electron chi connectivity index (χ3n) is 5.92. The lowest BCUT2D eigenvalue weighted by Crippen LogP contribution is -2.45. The summed E-state index contributed by atoms with van der Waals surface area (Å²) < 4.78 is 25.7. The summed E-state index contributed by atoms with van der Waals surface area (Å²) in [6.07, 6.45) is 8.68. The number of methoxy groups -OCH3 is 2. The van der Waals surface area contributed by atoms with Crippen molar-refractivity contribution in [1.82, 2.24) is 14.8 Å². The quantitative estimate of drug-likeness (QED) is 0.417. The lowest BCUT2D eigenvalue weighted by Gasteiger charge is -2.36. The summed E-state index contributed by atoms with van der Waals surface area (Å²) in [5.41, 5.74) is 5.02. The SMILES string of the molecule is CCCCCCC(C)(CCCC)O[C@H]1[C@@H](OC)[C@H](n2cnc(C(N)=O)n2)O[C@@H]1COC. The first-order valence-electron chi connectivity index (χ1n) is 11.4. The molecule has 1 aliphatic heterocycles. The van der Waals surface area contributed by atoms with Crippen molar-refractivity contribution in [2.45, 2.75) is 102 Å². The number of hydrogen-bond acceptors (Lipinski definition) is 7. The molecule has 2 heterocycles. The number of ether oxygens (including phenoxy) is 4. The maximum Gasteiger partial charge on any atom is 0.288 e. The van der Waals surface area contributed by atoms with Crippen LogP contribution < -0.4 is 5.73 Å². The van der Waals surface area contributed by atoms with E-state index >= 15 is 0 Å². The smallest absolute Gasteiger partial charge is 0.288 e. The first kappa shape index (κ1) is 25.7. The number of nitrogens with two attached hydrogens (primary N) is 1. The predicted molar refractivity (Wildman–Crippen MR) is 117 cm³/mol. The van der Waals surface area contributed by atoms with Crippen molar-refractivity contribution in [3.63, 3.8) is 0 Å². The normalized spacial score (nSPS) is 25.6. The van der Waals surface area contributed by atoms with Gasteiger partial charge in [0.25, 0.3) is 5.91 Å². The van der Waals surface area contributed by atoms with E-state index in [1.54, 1.807) is 14.2 Å². The molecule has 9 nitrogen and oxygen atoms in total. The van der Waals surface area contributed by atoms with Crippen molar-refractivity contribution >= 4 is 5.91 Å². The van der Waals surface area contributed by atoms with Gasteiger partial charge in [0.1, 0.15) is 24.6 Å². The molecule has 0 saturated carbocycles. The average molecular weight is 441 g/mol. The molecule has 9 heteroatoms. The highest BCUT2D eigenvalue weighted by molar-refractivity contribution is 5.88. The molecule has 1 aliphatic rings. The highest BCUT2D eigenvalue weighted by Gasteiger charge is 2.49. The van der Waals surface area contributed by atoms with Gasteiger partial charge in [0.15, 0.2) is 6.23 Å². The molecule has 1 unspecified atom stereocenters. The van der Waals surface area contributed by atoms with Gasteiger partial charge in [-0.05, 0) is 19.8 Å². The van der Waals surface area contributed by atoms with Gasteiger partial charge in [0.05, 0.1) is 12.2 Å². The van der Waals surface area contributed by atoms with Crippen LogP contribution in [0.25, 0.3) is 0 Å². The largest absolute Gasteiger partial charge is 0.382 e. The molecule has 1 aromatic heterocycles. The Morgan fingerprint density at radius 3 is 2.45 bits per heavy atom. The molecular weight excluding hydrogens is 400 g/mol. The van der Waals surface area contributed by atoms with Crippen molar-refractivity contribution in [3.8, 4) is 0 Å². The summed E-state index contributed by atoms with van der Waals surface area (Å²) in [7, 11) is 3.26. The second-order valence-corrected chi connectivity index (χ2v) is 8.58. The number of aromatic nitrogens is 3. The molecule has 1 fully saturated rings. The summed E-state index contributed by atoms with van der Waals surface area (Å²) in [4.78, 5) is 15.4. The van der Waals surface area contributed by atoms with Crippen molar-refractivity contribution in [2.24, 2.45) is 5.73 Å². The zero-order chi connectivity index (χ0) is 22.9. The molecule has 5 atom stereocenters. The Morgan fingerprint density at radius 2 is 1.87 bits per heavy atom. The van der Waals surface area contributed by atoms with Crippen LogP contribution in [0, 0.1) is 0 Å². The number of primary amides is 1. The zero-order valence-electron chi connectivity index (χ0n) is 19.7. The number of nitrogens with zero attached hydrogens (tertiary/aromatic N) is 3. The van der Waals surface area contributed by atoms with Gasteiger partial charge < -0.3 is 24.7 Å². The lowest BCUT2D eigenvalue weighted by molar-refractivity contribution is -0.149. The highest BCUT2D eigenvalue weighted by Crippen LogP contribution is 2.38. The Morgan fingerprint density at radius 1 is 1.16 bits per heavy atom. The topological polar surface area (TPSA) is 111 Å². The van der Waals surface area contributed by atoms with E-state index in [2.05, 4.69) is 30.9 Å². The van der Waals surface area contributed by atoms with Gasteiger partial charge in [0.2, 0.25) is 5.82 Å². The minimum Gasteiger partial charge on any atom is -0.382 e. The number of carbonyl (C=O) groups excluding carboxylic acids is 1. The van der Waals surface area contributed by atoms with Crippen molar-refractivity contribution in [3.05, 3.63) is 12.2 Å². The summed E-state index contributed by atoms with van der Waals surface area (Å²) in [5, 5.41) is 4.16. The van der Waals surface area contributed by atoms with E-state index in [9.17, 15) is 4.79 Å². The predicted octanol–water partition coefficient (Wildman–Crippen LogP) is 3.24. The van der Waals surface area contributed by atoms with Gasteiger partial charge in [-0.1, -0.05) is 52.4 Å². The standard InChI is InChI=1S/C22H40N4O5/c1-6-8-10-11-13-22(3,12-9-7-2)31-17-16(14-28-4)30-21(18(17)29-5)26-15-24-20(25-26)19(23)27/h15-18,21H,6-14H2,1-5H3,(H2,23,27)/t16-,17-,18-,21-,22?/m1/s1. The second-order valence-electron chi connectivity index (χ2n) is 8.58. The molecule has 2 N–H and O–H groups in total. The van der Waals surface area contributed by atoms with Crippen LogP contribution in [0.1, 0.15) is 89.0 Å². The number of rotatable bonds is 15. The van der Waals surface area contributed by atoms with Crippen LogP contribution in [-0.2, 0) is 18.9 Å². The molecule has 0 bridgehead atoms. The van der Waals surface area contributed by atoms with Gasteiger partial charge in [0, 0.05) is 14.2 Å². The van der Waals surface area contributed by atoms with Gasteiger partial charge in [-0.25, -0.2) is 9.67 Å². The maximum atomic E-state index is 11.4. The first-order chi connectivity index (χ1) is 14.9. The lowest BCUT2D eigenvalue weighted by atomic mass is 9.91. The third kappa shape index (κ3) is 6.97. The van der Waals surface area contributed by atoms with Crippen LogP contribution >= 0.6 is 0 Å². The van der Waals surface area contributed by atoms with Gasteiger partial charge in [-0.15, -0.1) is 5.10 Å². The van der Waals surface area contributed by atoms with Crippen molar-refractivity contribution in [2.75, 3.05) is 20.8 Å². The van der Waals surface area contributed by atoms with E-state index < -0.39 is 18.2 Å². The number of unbranched alkanes of at least 4 members (excludes halogenated alkanes) is 4. The van der Waals surface area contributed by atoms with E-state index in [-0.39, 0.29) is 23.6 Å². The minimum atomic E-state index is -0.689. The summed E-state index contributed by atoms with van der Waals surface area (Å²) >= 11 is 0. The molecule has 1 saturated heterocycles. The molecular formula is C22H40N4O5. The fourth-order valence-electron chi connectivity index (χ4n) is 4.17. The van der Waals surface area contributed by atoms with Gasteiger partial charge >= 0.3 is 0 Å². The third-order valence-corrected chi connectivity index (χ3v) is 5.92. The van der Waals surface area contributed by atoms with E-state index in [0.717, 1.165) is 32.1 Å². The van der Waals surface area contributed by atoms with Crippen LogP contribution in [0.3, 0.4) is 0 Å². The van der Waals surface area contributed by atoms with Crippen LogP contribution in [-0.4, -0.2) is 65.4 Å². The molecule has 1 aromatic rings. The number of amides is 1. The molecule has 31 heavy (non-hydrogen) atoms. The molecule has 2 rings (SSSR count). The number of carbonyl (C=O) groups is 1. The number of hydrogen-bond donors (Lipinski definition) is 1. The summed E-state index contributed by atoms with van der Waals surface area (Å²) in [5.74, 6) is -0.749. The Bertz CT molecular complexity index is 670. The summed E-state index contributed by atoms with van der Waals surface area (Å²) in [6.45, 7) is 6.96. The van der Waals surface area contributed by atoms with E-state index in [1.807, 2.05) is 0 Å². The Balaban J connectivity index is 2.22. The highest BCUT2D eigenvalue weighted by atomic mass is 16.6. The monoisotopic (exact) mass is 440 g/mol. The molecule has 1 amide bonds. The molecule has 0 spiro atoms. The fourth-order valence-corrected chi connectivity index (χ4v) is 4.17. The summed E-state index contributed by atoms with van der Waals surface area (Å²) in [6, 6.07) is 0. The molecule has 178 valence electrons. The van der Waals surface area contributed by atoms with Crippen LogP contribution in [0.5, 0.6) is 0 Å². The minimum absolute atomic E-state index is 0.0604. The van der Waals surface area contributed by atoms with E-state index in [4.69, 9.17) is 24.7 Å². The maximum absolute atomic E-state index is 11.4. The van der Waals surface area contributed by atoms with Crippen LogP contribution in [0.15, 0.2) is 6.33 Å². The Hall–Kier alpha value is -1.55. The molecule has 0 aromatic carbocycles. The van der Waals surface area contributed by atoms with Crippen LogP contribution in [0.4, 0.5) is 0 Å². The van der Waals surface area contributed by atoms with E-state index in [1.165, 1.54) is 30.3 Å². The average Bonchev–Trinajstić information content (AvgIpc) is 3.36. The van der Waals surface area contributed by atoms with Gasteiger partial charge in [-0.3, -0.25) is 4.79 Å². The first-order valence-corrected chi connectivity index (χ1v) is 11.4. The molecule has 0 aliphatic carbocycles. The van der Waals surface area contributed by atoms with Crippen LogP contribution in [0.2, 0.25) is 0 Å². The fraction of sp³-hybridized carbons (Fsp3) is 0.864. The van der Waals surface area contributed by atoms with Crippen molar-refractivity contribution < 1.29 is 23.7 Å². The Kier molecular flexibility index (Phi) is 10.3. The zero-order valence-corrected chi connectivity index (χ0v) is 19.7. The van der Waals surface area contributed by atoms with Crippen molar-refractivity contribution in [1.29, 1.82) is 0 Å². The van der Waals surface area contributed by atoms with Gasteiger partial charge in [-0.2, -0.15) is 0 Å². The second kappa shape index (κ2) is 12.5.